The molecule has 2 heterocycles. The van der Waals surface area contributed by atoms with Gasteiger partial charge in [-0.25, -0.2) is 4.79 Å². The Balaban J connectivity index is 1.81. The summed E-state index contributed by atoms with van der Waals surface area (Å²) in [5, 5.41) is 14.8. The van der Waals surface area contributed by atoms with E-state index in [1.807, 2.05) is 19.9 Å². The summed E-state index contributed by atoms with van der Waals surface area (Å²) in [6, 6.07) is 4.58. The van der Waals surface area contributed by atoms with Gasteiger partial charge in [-0.05, 0) is 63.4 Å². The van der Waals surface area contributed by atoms with E-state index < -0.39 is 118 Å². The van der Waals surface area contributed by atoms with Crippen LogP contribution >= 0.6 is 12.6 Å². The highest BCUT2D eigenvalue weighted by atomic mass is 32.1. The Kier molecular flexibility index (Phi) is 21.3. The minimum absolute atomic E-state index is 0.0592. The second-order valence-corrected chi connectivity index (χ2v) is 21.3. The standard InChI is InChI=1S/C50H81N7O11S/c1-15-30(6)41(35(67-13)25-37(58)56-23-19-22-34(56)42(68-14)31(7)43(60)52-33(47(64)65)24-32-20-17-16-18-21-32)54(11)46(63)39(28(2)3)53-44(61)40(29(4)5)55(12)48(66)50(10,51)27-49(8,9)57-38(59)26-36(69)45(57)62/h16-18,20-21,28-31,33-36,39-42,69H,15,19,22-27,51H2,1-14H3,(H,52,60)(H,53,61)(H,64,65)/t30-,31+,33-,34-,35+,36?,39-,40-,41-,42+,50?/m0/s1. The summed E-state index contributed by atoms with van der Waals surface area (Å²) in [6.45, 7) is 17.9. The number of likely N-dealkylation sites (tertiary alicyclic amines) is 2. The molecule has 11 atom stereocenters. The van der Waals surface area contributed by atoms with Crippen molar-refractivity contribution in [3.8, 4) is 0 Å². The third-order valence-electron chi connectivity index (χ3n) is 14.0. The number of hydrogen-bond donors (Lipinski definition) is 5. The molecule has 3 rings (SSSR count). The molecule has 388 valence electrons. The molecule has 0 aliphatic carbocycles. The van der Waals surface area contributed by atoms with Gasteiger partial charge in [0.15, 0.2) is 0 Å². The lowest BCUT2D eigenvalue weighted by atomic mass is 9.83. The summed E-state index contributed by atoms with van der Waals surface area (Å²) in [4.78, 5) is 115. The maximum Gasteiger partial charge on any atom is 0.326 e. The quantitative estimate of drug-likeness (QED) is 0.0702. The highest BCUT2D eigenvalue weighted by Crippen LogP contribution is 2.34. The van der Waals surface area contributed by atoms with Crippen LogP contribution in [0.2, 0.25) is 0 Å². The van der Waals surface area contributed by atoms with Gasteiger partial charge in [0, 0.05) is 53.2 Å². The van der Waals surface area contributed by atoms with E-state index in [2.05, 4.69) is 23.3 Å². The first-order valence-electron chi connectivity index (χ1n) is 24.2. The Morgan fingerprint density at radius 1 is 0.913 bits per heavy atom. The van der Waals surface area contributed by atoms with Gasteiger partial charge < -0.3 is 45.6 Å². The minimum atomic E-state index is -1.62. The molecule has 7 amide bonds. The van der Waals surface area contributed by atoms with Crippen molar-refractivity contribution in [1.29, 1.82) is 0 Å². The Bertz CT molecular complexity index is 1980. The Morgan fingerprint density at radius 2 is 1.52 bits per heavy atom. The van der Waals surface area contributed by atoms with Gasteiger partial charge in [-0.2, -0.15) is 12.6 Å². The van der Waals surface area contributed by atoms with Crippen molar-refractivity contribution in [3.05, 3.63) is 35.9 Å². The van der Waals surface area contributed by atoms with Crippen LogP contribution in [0.1, 0.15) is 113 Å². The van der Waals surface area contributed by atoms with E-state index in [9.17, 15) is 43.5 Å². The average Bonchev–Trinajstić information content (AvgIpc) is 3.86. The van der Waals surface area contributed by atoms with Gasteiger partial charge in [0.2, 0.25) is 41.4 Å². The van der Waals surface area contributed by atoms with Crippen LogP contribution in [0.4, 0.5) is 0 Å². The zero-order valence-electron chi connectivity index (χ0n) is 43.3. The van der Waals surface area contributed by atoms with Crippen molar-refractivity contribution in [2.24, 2.45) is 29.4 Å². The van der Waals surface area contributed by atoms with Gasteiger partial charge in [-0.1, -0.05) is 85.2 Å². The first-order valence-corrected chi connectivity index (χ1v) is 24.7. The van der Waals surface area contributed by atoms with E-state index in [1.54, 1.807) is 84.7 Å². The zero-order valence-corrected chi connectivity index (χ0v) is 44.2. The number of nitrogens with zero attached hydrogens (tertiary/aromatic N) is 4. The van der Waals surface area contributed by atoms with Crippen molar-refractivity contribution >= 4 is 59.9 Å². The van der Waals surface area contributed by atoms with Crippen LogP contribution < -0.4 is 16.4 Å². The number of carbonyl (C=O) groups is 8. The highest BCUT2D eigenvalue weighted by Gasteiger charge is 2.50. The van der Waals surface area contributed by atoms with Crippen molar-refractivity contribution < 1.29 is 52.9 Å². The Labute approximate surface area is 414 Å². The molecule has 0 bridgehead atoms. The summed E-state index contributed by atoms with van der Waals surface area (Å²) >= 11 is 4.24. The molecule has 0 saturated carbocycles. The largest absolute Gasteiger partial charge is 0.480 e. The molecule has 2 saturated heterocycles. The molecule has 0 spiro atoms. The van der Waals surface area contributed by atoms with E-state index in [1.165, 1.54) is 38.0 Å². The topological polar surface area (TPSA) is 238 Å². The average molecular weight is 988 g/mol. The number of nitrogens with two attached hydrogens (primary N) is 1. The fourth-order valence-corrected chi connectivity index (χ4v) is 10.7. The fraction of sp³-hybridized carbons (Fsp3) is 0.720. The van der Waals surface area contributed by atoms with E-state index in [0.29, 0.717) is 25.8 Å². The van der Waals surface area contributed by atoms with Crippen LogP contribution in [0.25, 0.3) is 0 Å². The molecule has 2 aliphatic heterocycles. The predicted molar refractivity (Wildman–Crippen MR) is 265 cm³/mol. The van der Waals surface area contributed by atoms with Gasteiger partial charge in [0.25, 0.3) is 0 Å². The fourth-order valence-electron chi connectivity index (χ4n) is 10.4. The molecule has 5 N–H and O–H groups in total. The summed E-state index contributed by atoms with van der Waals surface area (Å²) in [6.07, 6.45) is 0.0971. The normalized spacial score (nSPS) is 20.9. The van der Waals surface area contributed by atoms with Gasteiger partial charge in [0.05, 0.1) is 47.4 Å². The maximum atomic E-state index is 14.7. The molecule has 2 fully saturated rings. The maximum absolute atomic E-state index is 14.7. The lowest BCUT2D eigenvalue weighted by molar-refractivity contribution is -0.151. The number of nitrogens with one attached hydrogen (secondary N) is 2. The Morgan fingerprint density at radius 3 is 2.01 bits per heavy atom. The molecule has 69 heavy (non-hydrogen) atoms. The van der Waals surface area contributed by atoms with E-state index >= 15 is 0 Å². The first-order chi connectivity index (χ1) is 32.1. The number of rotatable bonds is 25. The second kappa shape index (κ2) is 25.0. The Hall–Kier alpha value is -4.59. The second-order valence-electron chi connectivity index (χ2n) is 20.7. The number of likely N-dealkylation sites (N-methyl/N-ethyl adjacent to an activating group) is 2. The molecule has 1 aromatic rings. The number of imide groups is 1. The lowest BCUT2D eigenvalue weighted by Crippen LogP contribution is -2.64. The number of benzene rings is 1. The lowest BCUT2D eigenvalue weighted by Gasteiger charge is -2.42. The third-order valence-corrected chi connectivity index (χ3v) is 14.4. The molecule has 2 aliphatic rings. The summed E-state index contributed by atoms with van der Waals surface area (Å²) in [5.41, 5.74) is 4.67. The SMILES string of the molecule is CC[C@H](C)[C@@H]([C@@H](CC(=O)N1CCC[C@H]1[C@H](OC)[C@@H](C)C(=O)N[C@@H](Cc1ccccc1)C(=O)O)OC)N(C)C(=O)[C@@H](NC(=O)[C@H](C(C)C)N(C)C(=O)C(C)(N)CC(C)(C)N1C(=O)CC(S)C1=O)C(C)C. The van der Waals surface area contributed by atoms with E-state index in [4.69, 9.17) is 15.2 Å². The van der Waals surface area contributed by atoms with Crippen LogP contribution in [0, 0.1) is 23.7 Å². The number of hydrogen-bond acceptors (Lipinski definition) is 12. The van der Waals surface area contributed by atoms with Crippen molar-refractivity contribution in [2.45, 2.75) is 173 Å². The van der Waals surface area contributed by atoms with E-state index in [0.717, 1.165) is 10.5 Å². The summed E-state index contributed by atoms with van der Waals surface area (Å²) in [7, 11) is 6.04. The molecular formula is C50H81N7O11S. The molecule has 0 aromatic heterocycles. The number of thiol groups is 1. The van der Waals surface area contributed by atoms with Gasteiger partial charge in [-0.3, -0.25) is 38.5 Å². The number of ether oxygens (including phenoxy) is 2. The van der Waals surface area contributed by atoms with E-state index in [-0.39, 0.29) is 37.5 Å². The number of amides is 7. The zero-order chi connectivity index (χ0) is 52.5. The molecule has 18 nitrogen and oxygen atoms in total. The van der Waals surface area contributed by atoms with Gasteiger partial charge >= 0.3 is 5.97 Å². The monoisotopic (exact) mass is 988 g/mol. The number of methoxy groups -OCH3 is 2. The number of carbonyl (C=O) groups excluding carboxylic acids is 7. The molecule has 0 radical (unpaired) electrons. The minimum Gasteiger partial charge on any atom is -0.480 e. The number of carboxylic acid groups (broad SMARTS) is 1. The van der Waals surface area contributed by atoms with Gasteiger partial charge in [-0.15, -0.1) is 0 Å². The van der Waals surface area contributed by atoms with Crippen LogP contribution in [0.5, 0.6) is 0 Å². The summed E-state index contributed by atoms with van der Waals surface area (Å²) < 4.78 is 11.9. The van der Waals surface area contributed by atoms with Crippen molar-refractivity contribution in [3.63, 3.8) is 0 Å². The number of carboxylic acids is 1. The van der Waals surface area contributed by atoms with Gasteiger partial charge in [0.1, 0.15) is 18.1 Å². The van der Waals surface area contributed by atoms with Crippen LogP contribution in [-0.4, -0.2) is 166 Å². The van der Waals surface area contributed by atoms with Crippen molar-refractivity contribution in [2.75, 3.05) is 34.9 Å². The van der Waals surface area contributed by atoms with Crippen LogP contribution in [0.15, 0.2) is 30.3 Å². The molecule has 1 aromatic carbocycles. The third kappa shape index (κ3) is 14.3. The first kappa shape index (κ1) is 58.7. The predicted octanol–water partition coefficient (Wildman–Crippen LogP) is 3.29. The van der Waals surface area contributed by atoms with Crippen LogP contribution in [-0.2, 0) is 54.3 Å². The molecule has 19 heteroatoms. The van der Waals surface area contributed by atoms with Crippen molar-refractivity contribution in [1.82, 2.24) is 30.2 Å². The number of aliphatic carboxylic acids is 1. The summed E-state index contributed by atoms with van der Waals surface area (Å²) in [5.74, 6) is -6.25. The molecular weight excluding hydrogens is 907 g/mol. The smallest absolute Gasteiger partial charge is 0.326 e. The van der Waals surface area contributed by atoms with Crippen LogP contribution in [0.3, 0.4) is 0 Å². The highest BCUT2D eigenvalue weighted by molar-refractivity contribution is 7.81. The molecule has 2 unspecified atom stereocenters.